The van der Waals surface area contributed by atoms with Gasteiger partial charge in [0.1, 0.15) is 11.7 Å². The summed E-state index contributed by atoms with van der Waals surface area (Å²) < 4.78 is 1.72. The van der Waals surface area contributed by atoms with Crippen LogP contribution < -0.4 is 0 Å². The summed E-state index contributed by atoms with van der Waals surface area (Å²) in [6.07, 6.45) is 3.66. The molecule has 0 amide bonds. The largest absolute Gasteiger partial charge is 0.481 e. The Bertz CT molecular complexity index is 566. The molecular formula is C13H13ClN2O2. The van der Waals surface area contributed by atoms with Gasteiger partial charge >= 0.3 is 5.97 Å². The van der Waals surface area contributed by atoms with Crippen molar-refractivity contribution in [1.82, 2.24) is 9.55 Å². The van der Waals surface area contributed by atoms with E-state index in [0.29, 0.717) is 17.3 Å². The minimum Gasteiger partial charge on any atom is -0.481 e. The first-order valence-corrected chi connectivity index (χ1v) is 5.91. The molecule has 1 aromatic carbocycles. The van der Waals surface area contributed by atoms with Gasteiger partial charge in [0.15, 0.2) is 0 Å². The fourth-order valence-corrected chi connectivity index (χ4v) is 2.10. The predicted molar refractivity (Wildman–Crippen MR) is 68.7 cm³/mol. The van der Waals surface area contributed by atoms with Crippen LogP contribution in [0.4, 0.5) is 0 Å². The average Bonchev–Trinajstić information content (AvgIpc) is 2.74. The number of nitrogens with zero attached hydrogens (tertiary/aromatic N) is 2. The smallest absolute Gasteiger partial charge is 0.314 e. The van der Waals surface area contributed by atoms with Gasteiger partial charge in [0.25, 0.3) is 0 Å². The molecule has 0 aliphatic heterocycles. The van der Waals surface area contributed by atoms with Crippen molar-refractivity contribution in [1.29, 1.82) is 0 Å². The van der Waals surface area contributed by atoms with Crippen LogP contribution in [-0.2, 0) is 18.3 Å². The van der Waals surface area contributed by atoms with Gasteiger partial charge in [-0.1, -0.05) is 29.8 Å². The highest BCUT2D eigenvalue weighted by Gasteiger charge is 2.24. The zero-order chi connectivity index (χ0) is 13.1. The van der Waals surface area contributed by atoms with Gasteiger partial charge in [0, 0.05) is 24.5 Å². The van der Waals surface area contributed by atoms with Crippen molar-refractivity contribution in [3.63, 3.8) is 0 Å². The van der Waals surface area contributed by atoms with Crippen LogP contribution in [0.1, 0.15) is 17.3 Å². The van der Waals surface area contributed by atoms with Gasteiger partial charge in [-0.2, -0.15) is 0 Å². The van der Waals surface area contributed by atoms with Crippen molar-refractivity contribution in [2.45, 2.75) is 12.3 Å². The average molecular weight is 265 g/mol. The number of halogens is 1. The van der Waals surface area contributed by atoms with Crippen LogP contribution in [0, 0.1) is 0 Å². The third-order valence-corrected chi connectivity index (χ3v) is 3.22. The van der Waals surface area contributed by atoms with Gasteiger partial charge in [-0.25, -0.2) is 4.98 Å². The molecule has 5 heteroatoms. The van der Waals surface area contributed by atoms with Gasteiger partial charge < -0.3 is 9.67 Å². The van der Waals surface area contributed by atoms with E-state index in [9.17, 15) is 9.90 Å². The molecule has 1 unspecified atom stereocenters. The number of benzene rings is 1. The second-order valence-corrected chi connectivity index (χ2v) is 4.49. The fourth-order valence-electron chi connectivity index (χ4n) is 1.89. The van der Waals surface area contributed by atoms with E-state index >= 15 is 0 Å². The highest BCUT2D eigenvalue weighted by molar-refractivity contribution is 6.31. The van der Waals surface area contributed by atoms with Crippen LogP contribution in [0.2, 0.25) is 5.02 Å². The molecule has 94 valence electrons. The lowest BCUT2D eigenvalue weighted by atomic mass is 9.98. The normalized spacial score (nSPS) is 12.3. The number of carboxylic acid groups (broad SMARTS) is 1. The van der Waals surface area contributed by atoms with Crippen molar-refractivity contribution in [3.8, 4) is 0 Å². The summed E-state index contributed by atoms with van der Waals surface area (Å²) in [4.78, 5) is 15.5. The quantitative estimate of drug-likeness (QED) is 0.923. The van der Waals surface area contributed by atoms with Crippen LogP contribution in [0.25, 0.3) is 0 Å². The second-order valence-electron chi connectivity index (χ2n) is 4.08. The van der Waals surface area contributed by atoms with Gasteiger partial charge in [-0.3, -0.25) is 4.79 Å². The Balaban J connectivity index is 2.31. The third kappa shape index (κ3) is 2.54. The minimum absolute atomic E-state index is 0.333. The summed E-state index contributed by atoms with van der Waals surface area (Å²) in [6.45, 7) is 0. The standard InChI is InChI=1S/C13H13ClN2O2/c1-16-7-6-15-12(16)10(13(17)18)8-9-4-2-3-5-11(9)14/h2-7,10H,8H2,1H3,(H,17,18). The molecule has 0 saturated carbocycles. The molecule has 2 aromatic rings. The molecule has 1 N–H and O–H groups in total. The summed E-state index contributed by atoms with van der Waals surface area (Å²) in [5, 5.41) is 9.91. The van der Waals surface area contributed by atoms with E-state index in [1.807, 2.05) is 18.2 Å². The summed E-state index contributed by atoms with van der Waals surface area (Å²) in [5.74, 6) is -1.06. The van der Waals surface area contributed by atoms with Crippen molar-refractivity contribution in [2.75, 3.05) is 0 Å². The van der Waals surface area contributed by atoms with Crippen molar-refractivity contribution < 1.29 is 9.90 Å². The molecule has 0 radical (unpaired) electrons. The Morgan fingerprint density at radius 2 is 2.22 bits per heavy atom. The van der Waals surface area contributed by atoms with Gasteiger partial charge in [0.05, 0.1) is 0 Å². The summed E-state index contributed by atoms with van der Waals surface area (Å²) in [6, 6.07) is 7.26. The van der Waals surface area contributed by atoms with E-state index in [-0.39, 0.29) is 0 Å². The number of hydrogen-bond acceptors (Lipinski definition) is 2. The van der Waals surface area contributed by atoms with E-state index in [1.54, 1.807) is 30.1 Å². The highest BCUT2D eigenvalue weighted by Crippen LogP contribution is 2.24. The number of aliphatic carboxylic acids is 1. The van der Waals surface area contributed by atoms with Crippen LogP contribution in [0.5, 0.6) is 0 Å². The van der Waals surface area contributed by atoms with E-state index in [2.05, 4.69) is 4.98 Å². The highest BCUT2D eigenvalue weighted by atomic mass is 35.5. The number of aromatic nitrogens is 2. The van der Waals surface area contributed by atoms with Crippen LogP contribution in [-0.4, -0.2) is 20.6 Å². The molecule has 18 heavy (non-hydrogen) atoms. The molecule has 4 nitrogen and oxygen atoms in total. The molecule has 0 aliphatic rings. The minimum atomic E-state index is -0.899. The van der Waals surface area contributed by atoms with E-state index in [4.69, 9.17) is 11.6 Å². The zero-order valence-corrected chi connectivity index (χ0v) is 10.6. The monoisotopic (exact) mass is 264 g/mol. The van der Waals surface area contributed by atoms with Crippen LogP contribution in [0.3, 0.4) is 0 Å². The maximum absolute atomic E-state index is 11.4. The summed E-state index contributed by atoms with van der Waals surface area (Å²) in [7, 11) is 1.78. The van der Waals surface area contributed by atoms with Crippen molar-refractivity contribution in [2.24, 2.45) is 7.05 Å². The number of carboxylic acids is 1. The maximum Gasteiger partial charge on any atom is 0.314 e. The zero-order valence-electron chi connectivity index (χ0n) is 9.88. The first-order valence-electron chi connectivity index (χ1n) is 5.53. The number of hydrogen-bond donors (Lipinski definition) is 1. The maximum atomic E-state index is 11.4. The predicted octanol–water partition coefficient (Wildman–Crippen LogP) is 2.48. The van der Waals surface area contributed by atoms with Crippen LogP contribution in [0.15, 0.2) is 36.7 Å². The Labute approximate surface area is 110 Å². The number of aryl methyl sites for hydroxylation is 1. The molecule has 0 spiro atoms. The van der Waals surface area contributed by atoms with E-state index in [0.717, 1.165) is 5.56 Å². The summed E-state index contributed by atoms with van der Waals surface area (Å²) >= 11 is 6.05. The first-order chi connectivity index (χ1) is 8.59. The molecule has 1 atom stereocenters. The topological polar surface area (TPSA) is 55.1 Å². The first kappa shape index (κ1) is 12.6. The Hall–Kier alpha value is -1.81. The fraction of sp³-hybridized carbons (Fsp3) is 0.231. The summed E-state index contributed by atoms with van der Waals surface area (Å²) in [5.41, 5.74) is 0.814. The number of carbonyl (C=O) groups is 1. The second kappa shape index (κ2) is 5.23. The lowest BCUT2D eigenvalue weighted by molar-refractivity contribution is -0.139. The van der Waals surface area contributed by atoms with Crippen molar-refractivity contribution in [3.05, 3.63) is 53.1 Å². The lowest BCUT2D eigenvalue weighted by Gasteiger charge is -2.13. The van der Waals surface area contributed by atoms with Gasteiger partial charge in [-0.15, -0.1) is 0 Å². The Kier molecular flexibility index (Phi) is 3.67. The molecule has 0 aliphatic carbocycles. The van der Waals surface area contributed by atoms with E-state index < -0.39 is 11.9 Å². The van der Waals surface area contributed by atoms with Gasteiger partial charge in [0.2, 0.25) is 0 Å². The third-order valence-electron chi connectivity index (χ3n) is 2.85. The molecule has 2 rings (SSSR count). The Morgan fingerprint density at radius 3 is 2.78 bits per heavy atom. The van der Waals surface area contributed by atoms with Crippen molar-refractivity contribution >= 4 is 17.6 Å². The lowest BCUT2D eigenvalue weighted by Crippen LogP contribution is -2.18. The molecule has 0 fully saturated rings. The number of rotatable bonds is 4. The molecule has 1 heterocycles. The van der Waals surface area contributed by atoms with E-state index in [1.165, 1.54) is 0 Å². The van der Waals surface area contributed by atoms with Gasteiger partial charge in [-0.05, 0) is 18.1 Å². The number of imidazole rings is 1. The molecule has 0 saturated heterocycles. The molecule has 0 bridgehead atoms. The Morgan fingerprint density at radius 1 is 1.50 bits per heavy atom. The van der Waals surface area contributed by atoms with Crippen LogP contribution >= 0.6 is 11.6 Å². The molecule has 1 aromatic heterocycles. The SMILES string of the molecule is Cn1ccnc1C(Cc1ccccc1Cl)C(=O)O. The molecular weight excluding hydrogens is 252 g/mol.